The normalized spacial score (nSPS) is 10.8. The van der Waals surface area contributed by atoms with Crippen molar-refractivity contribution in [2.75, 3.05) is 5.32 Å². The van der Waals surface area contributed by atoms with Crippen LogP contribution in [0, 0.1) is 0 Å². The van der Waals surface area contributed by atoms with Crippen molar-refractivity contribution in [2.45, 2.75) is 0 Å². The highest BCUT2D eigenvalue weighted by Gasteiger charge is 2.16. The molecule has 0 saturated carbocycles. The Morgan fingerprint density at radius 3 is 2.32 bits per heavy atom. The number of benzene rings is 4. The van der Waals surface area contributed by atoms with Gasteiger partial charge in [0.2, 0.25) is 0 Å². The Kier molecular flexibility index (Phi) is 6.44. The monoisotopic (exact) mass is 579 g/mol. The zero-order valence-electron chi connectivity index (χ0n) is 15.6. The molecule has 31 heavy (non-hydrogen) atoms. The number of amides is 1. The maximum absolute atomic E-state index is 12.6. The number of carbonyl (C=O) groups excluding carboxylic acids is 1. The van der Waals surface area contributed by atoms with Gasteiger partial charge in [0.15, 0.2) is 0 Å². The number of phenolic OH excluding ortho intramolecular Hbond substituents is 1. The van der Waals surface area contributed by atoms with E-state index in [2.05, 4.69) is 37.2 Å². The molecular formula is C23H13Br2Cl2NO3. The molecule has 8 heteroatoms. The van der Waals surface area contributed by atoms with Crippen molar-refractivity contribution in [3.8, 4) is 17.2 Å². The Labute approximate surface area is 205 Å². The predicted octanol–water partition coefficient (Wildman–Crippen LogP) is 8.42. The van der Waals surface area contributed by atoms with Gasteiger partial charge >= 0.3 is 0 Å². The van der Waals surface area contributed by atoms with Crippen LogP contribution in [0.3, 0.4) is 0 Å². The number of carbonyl (C=O) groups is 1. The first-order valence-electron chi connectivity index (χ1n) is 8.97. The zero-order valence-corrected chi connectivity index (χ0v) is 20.3. The molecule has 0 aliphatic rings. The summed E-state index contributed by atoms with van der Waals surface area (Å²) < 4.78 is 7.08. The molecule has 0 unspecified atom stereocenters. The van der Waals surface area contributed by atoms with Crippen LogP contribution in [0.2, 0.25) is 10.0 Å². The smallest absolute Gasteiger partial charge is 0.259 e. The summed E-state index contributed by atoms with van der Waals surface area (Å²) in [6.07, 6.45) is 0. The molecular weight excluding hydrogens is 569 g/mol. The number of phenols is 1. The molecule has 0 bridgehead atoms. The fraction of sp³-hybridized carbons (Fsp3) is 0. The Bertz CT molecular complexity index is 1330. The summed E-state index contributed by atoms with van der Waals surface area (Å²) in [5.74, 6) is 0.414. The summed E-state index contributed by atoms with van der Waals surface area (Å²) in [6, 6.07) is 19.3. The molecule has 0 aliphatic carbocycles. The molecule has 156 valence electrons. The fourth-order valence-electron chi connectivity index (χ4n) is 3.04. The number of hydrogen-bond acceptors (Lipinski definition) is 3. The van der Waals surface area contributed by atoms with Crippen LogP contribution >= 0.6 is 55.1 Å². The van der Waals surface area contributed by atoms with Crippen LogP contribution in [0.4, 0.5) is 5.69 Å². The largest absolute Gasteiger partial charge is 0.506 e. The van der Waals surface area contributed by atoms with Gasteiger partial charge < -0.3 is 15.2 Å². The minimum atomic E-state index is -0.479. The Morgan fingerprint density at radius 2 is 1.58 bits per heavy atom. The highest BCUT2D eigenvalue weighted by atomic mass is 79.9. The van der Waals surface area contributed by atoms with Crippen molar-refractivity contribution in [3.05, 3.63) is 91.3 Å². The van der Waals surface area contributed by atoms with E-state index in [1.165, 1.54) is 6.07 Å². The minimum Gasteiger partial charge on any atom is -0.506 e. The number of hydrogen-bond donors (Lipinski definition) is 2. The number of aromatic hydroxyl groups is 1. The first-order valence-corrected chi connectivity index (χ1v) is 11.3. The van der Waals surface area contributed by atoms with Crippen LogP contribution in [0.1, 0.15) is 10.4 Å². The first-order chi connectivity index (χ1) is 14.8. The maximum atomic E-state index is 12.6. The molecule has 4 aromatic rings. The van der Waals surface area contributed by atoms with Crippen molar-refractivity contribution in [3.63, 3.8) is 0 Å². The van der Waals surface area contributed by atoms with E-state index in [9.17, 15) is 9.90 Å². The maximum Gasteiger partial charge on any atom is 0.259 e. The lowest BCUT2D eigenvalue weighted by atomic mass is 10.1. The zero-order chi connectivity index (χ0) is 22.1. The molecule has 4 nitrogen and oxygen atoms in total. The van der Waals surface area contributed by atoms with Crippen molar-refractivity contribution in [2.24, 2.45) is 0 Å². The van der Waals surface area contributed by atoms with Crippen LogP contribution in [0.15, 0.2) is 75.7 Å². The summed E-state index contributed by atoms with van der Waals surface area (Å²) in [5, 5.41) is 15.6. The standard InChI is InChI=1S/C23H13Br2Cl2NO3/c24-12-9-16(22(29)17(25)10-12)23(30)28-13-5-7-21(19(27)11-13)31-20-8-6-18(26)14-3-1-2-4-15(14)20/h1-11,29H,(H,28,30). The third-order valence-electron chi connectivity index (χ3n) is 4.51. The lowest BCUT2D eigenvalue weighted by Crippen LogP contribution is -2.12. The highest BCUT2D eigenvalue weighted by molar-refractivity contribution is 9.11. The molecule has 0 atom stereocenters. The van der Waals surface area contributed by atoms with Gasteiger partial charge in [0.1, 0.15) is 17.2 Å². The second kappa shape index (κ2) is 9.09. The number of ether oxygens (including phenoxy) is 1. The number of rotatable bonds is 4. The second-order valence-electron chi connectivity index (χ2n) is 6.58. The molecule has 0 saturated heterocycles. The summed E-state index contributed by atoms with van der Waals surface area (Å²) in [7, 11) is 0. The summed E-state index contributed by atoms with van der Waals surface area (Å²) in [5.41, 5.74) is 0.573. The van der Waals surface area contributed by atoms with Crippen molar-refractivity contribution < 1.29 is 14.6 Å². The van der Waals surface area contributed by atoms with Gasteiger partial charge in [-0.1, -0.05) is 63.4 Å². The third kappa shape index (κ3) is 4.67. The minimum absolute atomic E-state index is 0.116. The van der Waals surface area contributed by atoms with Gasteiger partial charge in [0.25, 0.3) is 5.91 Å². The summed E-state index contributed by atoms with van der Waals surface area (Å²) in [4.78, 5) is 12.6. The van der Waals surface area contributed by atoms with Gasteiger partial charge in [-0.05, 0) is 58.4 Å². The van der Waals surface area contributed by atoms with Crippen LogP contribution in [0.5, 0.6) is 17.2 Å². The average Bonchev–Trinajstić information content (AvgIpc) is 2.74. The van der Waals surface area contributed by atoms with Gasteiger partial charge in [0.05, 0.1) is 15.1 Å². The summed E-state index contributed by atoms with van der Waals surface area (Å²) >= 11 is 19.2. The molecule has 0 radical (unpaired) electrons. The van der Waals surface area contributed by atoms with Crippen LogP contribution in [-0.2, 0) is 0 Å². The van der Waals surface area contributed by atoms with Gasteiger partial charge in [-0.15, -0.1) is 0 Å². The molecule has 1 amide bonds. The molecule has 0 aromatic heterocycles. The van der Waals surface area contributed by atoms with E-state index in [0.717, 1.165) is 10.8 Å². The fourth-order valence-corrected chi connectivity index (χ4v) is 4.71. The Balaban J connectivity index is 1.58. The Morgan fingerprint density at radius 1 is 0.871 bits per heavy atom. The van der Waals surface area contributed by atoms with Crippen LogP contribution < -0.4 is 10.1 Å². The first kappa shape index (κ1) is 22.0. The summed E-state index contributed by atoms with van der Waals surface area (Å²) in [6.45, 7) is 0. The Hall–Kier alpha value is -2.25. The van der Waals surface area contributed by atoms with Gasteiger partial charge in [0, 0.05) is 26.0 Å². The molecule has 0 fully saturated rings. The SMILES string of the molecule is O=C(Nc1ccc(Oc2ccc(Cl)c3ccccc23)c(Cl)c1)c1cc(Br)cc(Br)c1O. The van der Waals surface area contributed by atoms with E-state index in [0.29, 0.717) is 36.2 Å². The van der Waals surface area contributed by atoms with Crippen LogP contribution in [-0.4, -0.2) is 11.0 Å². The topological polar surface area (TPSA) is 58.6 Å². The number of anilines is 1. The van der Waals surface area contributed by atoms with Crippen molar-refractivity contribution in [1.29, 1.82) is 0 Å². The van der Waals surface area contributed by atoms with Gasteiger partial charge in [-0.25, -0.2) is 0 Å². The lowest BCUT2D eigenvalue weighted by Gasteiger charge is -2.13. The van der Waals surface area contributed by atoms with Gasteiger partial charge in [-0.3, -0.25) is 4.79 Å². The van der Waals surface area contributed by atoms with Crippen molar-refractivity contribution >= 4 is 77.4 Å². The number of fused-ring (bicyclic) bond motifs is 1. The predicted molar refractivity (Wildman–Crippen MR) is 132 cm³/mol. The second-order valence-corrected chi connectivity index (χ2v) is 9.16. The molecule has 4 rings (SSSR count). The van der Waals surface area contributed by atoms with E-state index in [4.69, 9.17) is 27.9 Å². The van der Waals surface area contributed by atoms with E-state index in [1.54, 1.807) is 36.4 Å². The van der Waals surface area contributed by atoms with Crippen molar-refractivity contribution in [1.82, 2.24) is 0 Å². The average molecular weight is 582 g/mol. The van der Waals surface area contributed by atoms with E-state index in [1.807, 2.05) is 24.3 Å². The van der Waals surface area contributed by atoms with Gasteiger partial charge in [-0.2, -0.15) is 0 Å². The molecule has 0 aliphatic heterocycles. The molecule has 0 spiro atoms. The lowest BCUT2D eigenvalue weighted by molar-refractivity contribution is 0.102. The van der Waals surface area contributed by atoms with E-state index in [-0.39, 0.29) is 11.3 Å². The van der Waals surface area contributed by atoms with E-state index < -0.39 is 5.91 Å². The van der Waals surface area contributed by atoms with Crippen LogP contribution in [0.25, 0.3) is 10.8 Å². The third-order valence-corrected chi connectivity index (χ3v) is 6.20. The molecule has 0 heterocycles. The molecule has 2 N–H and O–H groups in total. The highest BCUT2D eigenvalue weighted by Crippen LogP contribution is 2.38. The number of halogens is 4. The molecule has 4 aromatic carbocycles. The number of nitrogens with one attached hydrogen (secondary N) is 1. The van der Waals surface area contributed by atoms with E-state index >= 15 is 0 Å². The quantitative estimate of drug-likeness (QED) is 0.254.